The molecule has 1 aliphatic heterocycles. The summed E-state index contributed by atoms with van der Waals surface area (Å²) >= 11 is 5.19. The Balaban J connectivity index is 2.40. The monoisotopic (exact) mass is 227 g/mol. The molecule has 1 aliphatic rings. The molecule has 1 saturated heterocycles. The van der Waals surface area contributed by atoms with E-state index >= 15 is 0 Å². The Kier molecular flexibility index (Phi) is 5.05. The molecule has 0 amide bonds. The normalized spacial score (nSPS) is 27.1. The summed E-state index contributed by atoms with van der Waals surface area (Å²) in [6.45, 7) is 8.83. The summed E-state index contributed by atoms with van der Waals surface area (Å²) in [6, 6.07) is 1.11. The average Bonchev–Trinajstić information content (AvgIpc) is 2.21. The van der Waals surface area contributed by atoms with Crippen LogP contribution < -0.4 is 10.7 Å². The molecule has 86 valence electrons. The van der Waals surface area contributed by atoms with E-state index in [0.29, 0.717) is 23.7 Å². The first-order chi connectivity index (χ1) is 7.15. The molecule has 4 heteroatoms. The lowest BCUT2D eigenvalue weighted by atomic mass is 10.00. The number of hydrazine groups is 1. The lowest BCUT2D eigenvalue weighted by molar-refractivity contribution is 0.0737. The van der Waals surface area contributed by atoms with Crippen molar-refractivity contribution in [3.05, 3.63) is 12.7 Å². The average molecular weight is 227 g/mol. The largest absolute Gasteiger partial charge is 0.358 e. The summed E-state index contributed by atoms with van der Waals surface area (Å²) in [5.41, 5.74) is 3.26. The van der Waals surface area contributed by atoms with Gasteiger partial charge in [-0.3, -0.25) is 5.43 Å². The number of thiocarbonyl (C=S) groups is 1. The predicted molar refractivity (Wildman–Crippen MR) is 68.5 cm³/mol. The maximum atomic E-state index is 5.19. The third-order valence-electron chi connectivity index (χ3n) is 2.83. The first-order valence-corrected chi connectivity index (χ1v) is 5.99. The fourth-order valence-electron chi connectivity index (χ4n) is 1.96. The molecule has 15 heavy (non-hydrogen) atoms. The molecule has 0 radical (unpaired) electrons. The van der Waals surface area contributed by atoms with Crippen LogP contribution in [0.4, 0.5) is 0 Å². The van der Waals surface area contributed by atoms with Crippen LogP contribution >= 0.6 is 12.2 Å². The molecule has 2 atom stereocenters. The molecule has 0 aromatic heterocycles. The number of hydrogen-bond acceptors (Lipinski definition) is 2. The maximum Gasteiger partial charge on any atom is 0.181 e. The van der Waals surface area contributed by atoms with E-state index in [-0.39, 0.29) is 0 Å². The highest BCUT2D eigenvalue weighted by Crippen LogP contribution is 2.19. The molecule has 3 nitrogen and oxygen atoms in total. The van der Waals surface area contributed by atoms with Crippen molar-refractivity contribution >= 4 is 17.3 Å². The van der Waals surface area contributed by atoms with Crippen molar-refractivity contribution in [2.75, 3.05) is 6.54 Å². The van der Waals surface area contributed by atoms with Gasteiger partial charge in [-0.1, -0.05) is 12.5 Å². The predicted octanol–water partition coefficient (Wildman–Crippen LogP) is 1.81. The maximum absolute atomic E-state index is 5.19. The van der Waals surface area contributed by atoms with Gasteiger partial charge in [-0.25, -0.2) is 5.01 Å². The van der Waals surface area contributed by atoms with E-state index in [0.717, 1.165) is 0 Å². The van der Waals surface area contributed by atoms with Crippen LogP contribution in [0, 0.1) is 0 Å². The van der Waals surface area contributed by atoms with Gasteiger partial charge in [0.05, 0.1) is 0 Å². The summed E-state index contributed by atoms with van der Waals surface area (Å²) < 4.78 is 0. The van der Waals surface area contributed by atoms with Gasteiger partial charge in [-0.15, -0.1) is 6.58 Å². The van der Waals surface area contributed by atoms with E-state index in [4.69, 9.17) is 12.2 Å². The van der Waals surface area contributed by atoms with Crippen LogP contribution in [0.5, 0.6) is 0 Å². The molecule has 0 aliphatic carbocycles. The zero-order chi connectivity index (χ0) is 11.3. The Hall–Kier alpha value is -0.610. The van der Waals surface area contributed by atoms with E-state index in [2.05, 4.69) is 36.2 Å². The highest BCUT2D eigenvalue weighted by Gasteiger charge is 2.24. The Labute approximate surface area is 97.9 Å². The summed E-state index contributed by atoms with van der Waals surface area (Å²) in [5.74, 6) is 0. The molecule has 2 N–H and O–H groups in total. The van der Waals surface area contributed by atoms with Crippen LogP contribution in [0.2, 0.25) is 0 Å². The second-order valence-electron chi connectivity index (χ2n) is 4.15. The van der Waals surface area contributed by atoms with Crippen LogP contribution in [0.15, 0.2) is 12.7 Å². The first kappa shape index (κ1) is 12.5. The molecule has 0 aromatic rings. The van der Waals surface area contributed by atoms with Crippen molar-refractivity contribution < 1.29 is 0 Å². The van der Waals surface area contributed by atoms with Crippen LogP contribution in [0.25, 0.3) is 0 Å². The third-order valence-corrected chi connectivity index (χ3v) is 3.07. The Morgan fingerprint density at radius 3 is 2.60 bits per heavy atom. The summed E-state index contributed by atoms with van der Waals surface area (Å²) in [4.78, 5) is 0. The van der Waals surface area contributed by atoms with E-state index in [1.165, 1.54) is 19.3 Å². The van der Waals surface area contributed by atoms with Crippen LogP contribution in [-0.2, 0) is 0 Å². The molecule has 0 bridgehead atoms. The second kappa shape index (κ2) is 6.08. The van der Waals surface area contributed by atoms with Crippen molar-refractivity contribution in [2.24, 2.45) is 0 Å². The van der Waals surface area contributed by atoms with Crippen molar-refractivity contribution in [3.63, 3.8) is 0 Å². The third kappa shape index (κ3) is 3.80. The molecule has 0 spiro atoms. The highest BCUT2D eigenvalue weighted by molar-refractivity contribution is 7.80. The first-order valence-electron chi connectivity index (χ1n) is 5.59. The number of nitrogens with one attached hydrogen (secondary N) is 2. The number of rotatable bonds is 3. The van der Waals surface area contributed by atoms with Gasteiger partial charge in [0, 0.05) is 18.6 Å². The Bertz CT molecular complexity index is 220. The Morgan fingerprint density at radius 2 is 2.07 bits per heavy atom. The molecule has 0 saturated carbocycles. The molecule has 0 unspecified atom stereocenters. The number of nitrogens with zero attached hydrogens (tertiary/aromatic N) is 1. The van der Waals surface area contributed by atoms with Crippen molar-refractivity contribution in [1.82, 2.24) is 15.8 Å². The molecule has 1 rings (SSSR count). The fraction of sp³-hybridized carbons (Fsp3) is 0.727. The van der Waals surface area contributed by atoms with Gasteiger partial charge in [0.2, 0.25) is 0 Å². The van der Waals surface area contributed by atoms with Gasteiger partial charge in [-0.2, -0.15) is 0 Å². The number of piperidine rings is 1. The molecular weight excluding hydrogens is 206 g/mol. The van der Waals surface area contributed by atoms with Gasteiger partial charge < -0.3 is 5.32 Å². The summed E-state index contributed by atoms with van der Waals surface area (Å²) in [6.07, 6.45) is 5.59. The molecule has 1 heterocycles. The zero-order valence-corrected chi connectivity index (χ0v) is 10.4. The summed E-state index contributed by atoms with van der Waals surface area (Å²) in [7, 11) is 0. The molecular formula is C11H21N3S. The highest BCUT2D eigenvalue weighted by atomic mass is 32.1. The van der Waals surface area contributed by atoms with Gasteiger partial charge in [0.25, 0.3) is 0 Å². The van der Waals surface area contributed by atoms with Crippen molar-refractivity contribution in [1.29, 1.82) is 0 Å². The van der Waals surface area contributed by atoms with Gasteiger partial charge in [-0.05, 0) is 38.9 Å². The van der Waals surface area contributed by atoms with Gasteiger partial charge in [0.1, 0.15) is 0 Å². The topological polar surface area (TPSA) is 27.3 Å². The smallest absolute Gasteiger partial charge is 0.181 e. The quantitative estimate of drug-likeness (QED) is 0.568. The van der Waals surface area contributed by atoms with Crippen LogP contribution in [-0.4, -0.2) is 28.7 Å². The second-order valence-corrected chi connectivity index (χ2v) is 4.55. The standard InChI is InChI=1S/C11H21N3S/c1-4-8-12-11(15)13-14-9(2)6-5-7-10(14)3/h4,9-10H,1,5-8H2,2-3H3,(H2,12,13,15)/t9-,10-/m0/s1. The number of hydrogen-bond donors (Lipinski definition) is 2. The van der Waals surface area contributed by atoms with Gasteiger partial charge in [0.15, 0.2) is 5.11 Å². The fourth-order valence-corrected chi connectivity index (χ4v) is 2.15. The van der Waals surface area contributed by atoms with E-state index in [1.807, 2.05) is 0 Å². The van der Waals surface area contributed by atoms with E-state index in [1.54, 1.807) is 6.08 Å². The Morgan fingerprint density at radius 1 is 1.47 bits per heavy atom. The summed E-state index contributed by atoms with van der Waals surface area (Å²) in [5, 5.41) is 6.02. The minimum atomic E-state index is 0.553. The van der Waals surface area contributed by atoms with E-state index in [9.17, 15) is 0 Å². The van der Waals surface area contributed by atoms with Crippen molar-refractivity contribution in [3.8, 4) is 0 Å². The lowest BCUT2D eigenvalue weighted by Gasteiger charge is -2.39. The minimum Gasteiger partial charge on any atom is -0.358 e. The molecule has 0 aromatic carbocycles. The minimum absolute atomic E-state index is 0.553. The SMILES string of the molecule is C=CCNC(=S)NN1[C@@H](C)CCC[C@@H]1C. The lowest BCUT2D eigenvalue weighted by Crippen LogP contribution is -2.56. The molecule has 1 fully saturated rings. The van der Waals surface area contributed by atoms with E-state index < -0.39 is 0 Å². The van der Waals surface area contributed by atoms with Crippen LogP contribution in [0.1, 0.15) is 33.1 Å². The van der Waals surface area contributed by atoms with Gasteiger partial charge >= 0.3 is 0 Å². The van der Waals surface area contributed by atoms with Crippen LogP contribution in [0.3, 0.4) is 0 Å². The van der Waals surface area contributed by atoms with Crippen molar-refractivity contribution in [2.45, 2.75) is 45.2 Å². The zero-order valence-electron chi connectivity index (χ0n) is 9.62.